The molecule has 1 saturated carbocycles. The molecule has 0 aromatic heterocycles. The predicted molar refractivity (Wildman–Crippen MR) is 81.0 cm³/mol. The van der Waals surface area contributed by atoms with Crippen molar-refractivity contribution < 1.29 is 4.79 Å². The molecule has 0 N–H and O–H groups in total. The van der Waals surface area contributed by atoms with Gasteiger partial charge in [0.05, 0.1) is 0 Å². The van der Waals surface area contributed by atoms with E-state index in [1.165, 1.54) is 24.8 Å². The van der Waals surface area contributed by atoms with E-state index in [4.69, 9.17) is 0 Å². The molecule has 1 fully saturated rings. The lowest BCUT2D eigenvalue weighted by Gasteiger charge is -2.39. The van der Waals surface area contributed by atoms with Crippen molar-refractivity contribution in [2.45, 2.75) is 64.7 Å². The summed E-state index contributed by atoms with van der Waals surface area (Å²) in [6.07, 6.45) is 7.94. The molecule has 0 bridgehead atoms. The minimum absolute atomic E-state index is 0.0524. The molecule has 106 valence electrons. The van der Waals surface area contributed by atoms with Gasteiger partial charge in [0.25, 0.3) is 0 Å². The van der Waals surface area contributed by atoms with Crippen LogP contribution in [0.25, 0.3) is 0 Å². The van der Waals surface area contributed by atoms with Crippen LogP contribution in [0.3, 0.4) is 0 Å². The minimum atomic E-state index is -0.0524. The third-order valence-corrected chi connectivity index (χ3v) is 6.36. The van der Waals surface area contributed by atoms with E-state index in [9.17, 15) is 4.79 Å². The second-order valence-corrected chi connectivity index (χ2v) is 7.55. The van der Waals surface area contributed by atoms with Crippen molar-refractivity contribution in [1.82, 2.24) is 0 Å². The number of carbonyl (C=O) groups is 1. The molecule has 0 spiro atoms. The number of hydrogen-bond acceptors (Lipinski definition) is 1. The molecule has 1 aromatic carbocycles. The van der Waals surface area contributed by atoms with E-state index in [1.807, 2.05) is 0 Å². The first-order valence-corrected chi connectivity index (χ1v) is 8.26. The molecule has 1 heteroatoms. The molecule has 0 heterocycles. The van der Waals surface area contributed by atoms with Gasteiger partial charge in [-0.2, -0.15) is 0 Å². The Morgan fingerprint density at radius 3 is 2.80 bits per heavy atom. The Hall–Kier alpha value is -1.11. The molecule has 0 aliphatic heterocycles. The molecule has 1 aromatic rings. The Kier molecular flexibility index (Phi) is 2.64. The van der Waals surface area contributed by atoms with Crippen LogP contribution in [0.15, 0.2) is 12.1 Å². The number of carbonyl (C=O) groups excluding carboxylic acids is 1. The lowest BCUT2D eigenvalue weighted by atomic mass is 9.64. The van der Waals surface area contributed by atoms with Gasteiger partial charge in [-0.25, -0.2) is 0 Å². The summed E-state index contributed by atoms with van der Waals surface area (Å²) in [4.78, 5) is 12.3. The van der Waals surface area contributed by atoms with E-state index in [0.717, 1.165) is 31.6 Å². The normalized spacial score (nSPS) is 35.4. The van der Waals surface area contributed by atoms with Crippen LogP contribution >= 0.6 is 0 Å². The van der Waals surface area contributed by atoms with Crippen molar-refractivity contribution in [2.75, 3.05) is 0 Å². The summed E-state index contributed by atoms with van der Waals surface area (Å²) in [5, 5.41) is 0. The fourth-order valence-electron chi connectivity index (χ4n) is 5.02. The summed E-state index contributed by atoms with van der Waals surface area (Å²) < 4.78 is 0. The first-order chi connectivity index (χ1) is 9.59. The largest absolute Gasteiger partial charge is 0.299 e. The van der Waals surface area contributed by atoms with Crippen LogP contribution in [0.4, 0.5) is 0 Å². The van der Waals surface area contributed by atoms with Crippen LogP contribution in [0.2, 0.25) is 0 Å². The molecule has 3 atom stereocenters. The van der Waals surface area contributed by atoms with Crippen LogP contribution in [0, 0.1) is 11.3 Å². The fraction of sp³-hybridized carbons (Fsp3) is 0.632. The highest BCUT2D eigenvalue weighted by atomic mass is 16.1. The van der Waals surface area contributed by atoms with Gasteiger partial charge in [-0.05, 0) is 72.6 Å². The number of fused-ring (bicyclic) bond motifs is 5. The average molecular weight is 268 g/mol. The highest BCUT2D eigenvalue weighted by Gasteiger charge is 2.49. The van der Waals surface area contributed by atoms with E-state index in [-0.39, 0.29) is 5.41 Å². The van der Waals surface area contributed by atoms with Gasteiger partial charge in [-0.3, -0.25) is 4.79 Å². The van der Waals surface area contributed by atoms with Gasteiger partial charge in [-0.15, -0.1) is 0 Å². The molecular formula is C19H24O. The van der Waals surface area contributed by atoms with Gasteiger partial charge in [0.1, 0.15) is 5.78 Å². The SMILES string of the molecule is C[C@H]1CCc2c(ccc3c2CCC2(C)C(=O)CCC32)C1. The molecular weight excluding hydrogens is 244 g/mol. The number of ketones is 1. The van der Waals surface area contributed by atoms with Crippen LogP contribution in [0.1, 0.15) is 67.7 Å². The van der Waals surface area contributed by atoms with Gasteiger partial charge in [0.2, 0.25) is 0 Å². The lowest BCUT2D eigenvalue weighted by Crippen LogP contribution is -2.33. The smallest absolute Gasteiger partial charge is 0.139 e. The minimum Gasteiger partial charge on any atom is -0.299 e. The predicted octanol–water partition coefficient (Wildman–Crippen LogP) is 4.21. The van der Waals surface area contributed by atoms with Crippen LogP contribution in [0.5, 0.6) is 0 Å². The molecule has 2 unspecified atom stereocenters. The summed E-state index contributed by atoms with van der Waals surface area (Å²) in [5.74, 6) is 1.85. The molecule has 4 rings (SSSR count). The van der Waals surface area contributed by atoms with Crippen molar-refractivity contribution in [3.8, 4) is 0 Å². The molecule has 20 heavy (non-hydrogen) atoms. The van der Waals surface area contributed by atoms with Crippen molar-refractivity contribution in [2.24, 2.45) is 11.3 Å². The Balaban J connectivity index is 1.82. The molecule has 0 saturated heterocycles. The van der Waals surface area contributed by atoms with Gasteiger partial charge < -0.3 is 0 Å². The summed E-state index contributed by atoms with van der Waals surface area (Å²) >= 11 is 0. The van der Waals surface area contributed by atoms with E-state index in [2.05, 4.69) is 26.0 Å². The third-order valence-electron chi connectivity index (χ3n) is 6.36. The fourth-order valence-corrected chi connectivity index (χ4v) is 5.02. The second kappa shape index (κ2) is 4.19. The maximum Gasteiger partial charge on any atom is 0.139 e. The highest BCUT2D eigenvalue weighted by Crippen LogP contribution is 2.54. The van der Waals surface area contributed by atoms with Crippen molar-refractivity contribution >= 4 is 5.78 Å². The maximum atomic E-state index is 12.3. The van der Waals surface area contributed by atoms with E-state index in [1.54, 1.807) is 16.7 Å². The standard InChI is InChI=1S/C19H24O/c1-12-3-5-14-13(11-12)4-6-16-15(14)9-10-19(2)17(16)7-8-18(19)20/h4,6,12,17H,3,5,7-11H2,1-2H3/t12-,17?,19?/m0/s1. The molecule has 0 radical (unpaired) electrons. The van der Waals surface area contributed by atoms with Crippen molar-refractivity contribution in [1.29, 1.82) is 0 Å². The Morgan fingerprint density at radius 1 is 1.10 bits per heavy atom. The number of rotatable bonds is 0. The van der Waals surface area contributed by atoms with Crippen LogP contribution in [-0.4, -0.2) is 5.78 Å². The summed E-state index contributed by atoms with van der Waals surface area (Å²) in [6, 6.07) is 4.74. The van der Waals surface area contributed by atoms with Gasteiger partial charge >= 0.3 is 0 Å². The van der Waals surface area contributed by atoms with Gasteiger partial charge in [0.15, 0.2) is 0 Å². The van der Waals surface area contributed by atoms with E-state index >= 15 is 0 Å². The summed E-state index contributed by atoms with van der Waals surface area (Å²) in [6.45, 7) is 4.59. The monoisotopic (exact) mass is 268 g/mol. The Bertz CT molecular complexity index is 586. The van der Waals surface area contributed by atoms with Crippen molar-refractivity contribution in [3.63, 3.8) is 0 Å². The number of hydrogen-bond donors (Lipinski definition) is 0. The first-order valence-electron chi connectivity index (χ1n) is 8.26. The average Bonchev–Trinajstić information content (AvgIpc) is 2.74. The summed E-state index contributed by atoms with van der Waals surface area (Å²) in [7, 11) is 0. The molecule has 0 amide bonds. The first kappa shape index (κ1) is 12.6. The zero-order valence-electron chi connectivity index (χ0n) is 12.7. The van der Waals surface area contributed by atoms with Gasteiger partial charge in [0, 0.05) is 11.8 Å². The zero-order chi connectivity index (χ0) is 13.9. The maximum absolute atomic E-state index is 12.3. The quantitative estimate of drug-likeness (QED) is 0.689. The zero-order valence-corrected chi connectivity index (χ0v) is 12.7. The summed E-state index contributed by atoms with van der Waals surface area (Å²) in [5.41, 5.74) is 6.35. The third kappa shape index (κ3) is 1.58. The van der Waals surface area contributed by atoms with Crippen molar-refractivity contribution in [3.05, 3.63) is 34.4 Å². The van der Waals surface area contributed by atoms with E-state index < -0.39 is 0 Å². The van der Waals surface area contributed by atoms with Crippen LogP contribution < -0.4 is 0 Å². The topological polar surface area (TPSA) is 17.1 Å². The highest BCUT2D eigenvalue weighted by molar-refractivity contribution is 5.88. The second-order valence-electron chi connectivity index (χ2n) is 7.55. The lowest BCUT2D eigenvalue weighted by molar-refractivity contribution is -0.126. The number of benzene rings is 1. The van der Waals surface area contributed by atoms with Gasteiger partial charge in [-0.1, -0.05) is 26.0 Å². The Labute approximate surface area is 121 Å². The Morgan fingerprint density at radius 2 is 1.95 bits per heavy atom. The van der Waals surface area contributed by atoms with E-state index in [0.29, 0.717) is 11.7 Å². The molecule has 3 aliphatic rings. The molecule has 3 aliphatic carbocycles. The molecule has 1 nitrogen and oxygen atoms in total. The van der Waals surface area contributed by atoms with Crippen LogP contribution in [-0.2, 0) is 24.1 Å². The number of Topliss-reactive ketones (excluding diaryl/α,β-unsaturated/α-hetero) is 1.